The van der Waals surface area contributed by atoms with Gasteiger partial charge in [-0.25, -0.2) is 4.79 Å². The third kappa shape index (κ3) is 9.04. The number of nitrogens with one attached hydrogen (secondary N) is 4. The molecule has 0 radical (unpaired) electrons. The Labute approximate surface area is 334 Å². The number of aromatic nitrogens is 1. The average Bonchev–Trinajstić information content (AvgIpc) is 3.73. The van der Waals surface area contributed by atoms with Gasteiger partial charge in [0.05, 0.1) is 24.8 Å². The van der Waals surface area contributed by atoms with Crippen molar-refractivity contribution in [1.29, 1.82) is 5.41 Å². The summed E-state index contributed by atoms with van der Waals surface area (Å²) in [6.45, 7) is 5.34. The molecule has 2 atom stereocenters. The van der Waals surface area contributed by atoms with Gasteiger partial charge >= 0.3 is 6.03 Å². The first-order valence-electron chi connectivity index (χ1n) is 19.2. The van der Waals surface area contributed by atoms with E-state index in [4.69, 9.17) is 15.9 Å². The molecule has 3 heterocycles. The quantitative estimate of drug-likeness (QED) is 0.0505. The molecule has 17 nitrogen and oxygen atoms in total. The van der Waals surface area contributed by atoms with E-state index in [0.29, 0.717) is 47.6 Å². The number of benzene rings is 2. The first-order chi connectivity index (χ1) is 27.7. The third-order valence-electron chi connectivity index (χ3n) is 10.6. The molecule has 2 unspecified atom stereocenters. The fourth-order valence-electron chi connectivity index (χ4n) is 7.53. The number of rotatable bonds is 15. The van der Waals surface area contributed by atoms with Crippen molar-refractivity contribution in [2.75, 3.05) is 30.0 Å². The Balaban J connectivity index is 0.905. The zero-order valence-electron chi connectivity index (χ0n) is 32.4. The predicted molar refractivity (Wildman–Crippen MR) is 214 cm³/mol. The first-order valence-corrected chi connectivity index (χ1v) is 19.2. The lowest BCUT2D eigenvalue weighted by Crippen LogP contribution is -2.52. The number of nitrogens with zero attached hydrogens (tertiary/aromatic N) is 3. The fraction of sp³-hybridized carbons (Fsp3) is 0.390. The van der Waals surface area contributed by atoms with Crippen LogP contribution in [0.3, 0.4) is 0 Å². The molecule has 58 heavy (non-hydrogen) atoms. The number of allylic oxidation sites excluding steroid dienone is 2. The van der Waals surface area contributed by atoms with E-state index < -0.39 is 23.9 Å². The predicted octanol–water partition coefficient (Wildman–Crippen LogP) is 4.14. The van der Waals surface area contributed by atoms with Gasteiger partial charge in [0, 0.05) is 78.9 Å². The molecule has 2 aliphatic heterocycles. The summed E-state index contributed by atoms with van der Waals surface area (Å²) < 4.78 is 7.71. The van der Waals surface area contributed by atoms with Gasteiger partial charge in [-0.3, -0.25) is 39.6 Å². The van der Waals surface area contributed by atoms with Crippen LogP contribution in [0.15, 0.2) is 71.8 Å². The standard InChI is InChI=1S/C41H48N8O9/c1-23(2)27-20-28(34(51)21-33(27)50)38(42)49(41(43)57)25-9-10-31-24(19-25)13-15-47(31)16-18-58-17-14-44-35(52)7-4-8-36(53)45-30-6-3-5-26-29(30)22-48(40(26)56)32-11-12-37(54)46-39(32)55/h3,5-6,9-10,13,15,19,21,23,28,32,42,50-51H,4,7-8,11-12,14,16-18,20,22H2,1-2H3,(H2,43,57)(H,44,52)(H,45,53)(H,46,54,55). The van der Waals surface area contributed by atoms with Gasteiger partial charge in [0.15, 0.2) is 0 Å². The van der Waals surface area contributed by atoms with Gasteiger partial charge in [-0.2, -0.15) is 0 Å². The average molecular weight is 797 g/mol. The minimum Gasteiger partial charge on any atom is -0.511 e. The van der Waals surface area contributed by atoms with Crippen molar-refractivity contribution < 1.29 is 43.7 Å². The van der Waals surface area contributed by atoms with Crippen molar-refractivity contribution in [1.82, 2.24) is 20.1 Å². The van der Waals surface area contributed by atoms with Gasteiger partial charge < -0.3 is 40.8 Å². The second-order valence-electron chi connectivity index (χ2n) is 14.8. The molecular weight excluding hydrogens is 748 g/mol. The molecule has 0 saturated carbocycles. The number of fused-ring (bicyclic) bond motifs is 2. The number of primary amides is 1. The lowest BCUT2D eigenvalue weighted by Gasteiger charge is -2.30. The Morgan fingerprint density at radius 3 is 2.59 bits per heavy atom. The fourth-order valence-corrected chi connectivity index (χ4v) is 7.53. The van der Waals surface area contributed by atoms with E-state index >= 15 is 0 Å². The number of imide groups is 1. The molecule has 7 amide bonds. The van der Waals surface area contributed by atoms with Crippen LogP contribution in [0.4, 0.5) is 16.2 Å². The summed E-state index contributed by atoms with van der Waals surface area (Å²) in [6.07, 6.45) is 4.16. The number of amides is 7. The number of piperidine rings is 1. The Hall–Kier alpha value is -6.49. The van der Waals surface area contributed by atoms with E-state index in [1.54, 1.807) is 36.4 Å². The van der Waals surface area contributed by atoms with E-state index in [0.717, 1.165) is 15.8 Å². The van der Waals surface area contributed by atoms with Crippen molar-refractivity contribution in [3.05, 3.63) is 83.0 Å². The molecule has 0 spiro atoms. The number of ether oxygens (including phenoxy) is 1. The summed E-state index contributed by atoms with van der Waals surface area (Å²) in [7, 11) is 0. The Kier molecular flexibility index (Phi) is 12.6. The second kappa shape index (κ2) is 17.8. The minimum absolute atomic E-state index is 0.0248. The van der Waals surface area contributed by atoms with Crippen LogP contribution < -0.4 is 26.6 Å². The lowest BCUT2D eigenvalue weighted by atomic mass is 9.84. The number of carbonyl (C=O) groups excluding carboxylic acids is 6. The molecular formula is C41H48N8O9. The summed E-state index contributed by atoms with van der Waals surface area (Å²) >= 11 is 0. The van der Waals surface area contributed by atoms with Crippen LogP contribution >= 0.6 is 0 Å². The highest BCUT2D eigenvalue weighted by Gasteiger charge is 2.40. The number of aliphatic hydroxyl groups is 2. The smallest absolute Gasteiger partial charge is 0.324 e. The summed E-state index contributed by atoms with van der Waals surface area (Å²) in [6, 6.07) is 10.4. The molecule has 3 aliphatic rings. The summed E-state index contributed by atoms with van der Waals surface area (Å²) in [4.78, 5) is 77.2. The van der Waals surface area contributed by atoms with E-state index in [2.05, 4.69) is 16.0 Å². The number of nitrogens with two attached hydrogens (primary N) is 1. The van der Waals surface area contributed by atoms with Gasteiger partial charge in [-0.1, -0.05) is 19.9 Å². The number of urea groups is 1. The topological polar surface area (TPSA) is 249 Å². The van der Waals surface area contributed by atoms with E-state index in [1.807, 2.05) is 30.7 Å². The lowest BCUT2D eigenvalue weighted by molar-refractivity contribution is -0.137. The highest BCUT2D eigenvalue weighted by atomic mass is 16.5. The zero-order valence-corrected chi connectivity index (χ0v) is 32.4. The SMILES string of the molecule is CC(C)C1=C(O)C=C(O)C(C(=N)N(C(N)=O)c2ccc3c(ccn3CCOCCNC(=O)CCCC(=O)Nc3cccc4c3CN(C3CCC(=O)NC3=O)C4=O)c2)C1. The van der Waals surface area contributed by atoms with Crippen LogP contribution in [0.2, 0.25) is 0 Å². The van der Waals surface area contributed by atoms with Crippen LogP contribution in [0, 0.1) is 17.2 Å². The van der Waals surface area contributed by atoms with Crippen LogP contribution in [0.5, 0.6) is 0 Å². The van der Waals surface area contributed by atoms with Crippen LogP contribution in [0.25, 0.3) is 10.9 Å². The van der Waals surface area contributed by atoms with Crippen molar-refractivity contribution in [3.63, 3.8) is 0 Å². The maximum atomic E-state index is 13.1. The molecule has 1 aromatic heterocycles. The number of carbonyl (C=O) groups is 6. The maximum absolute atomic E-state index is 13.1. The van der Waals surface area contributed by atoms with Crippen molar-refractivity contribution in [2.24, 2.45) is 17.6 Å². The van der Waals surface area contributed by atoms with Gasteiger partial charge in [-0.05, 0) is 67.2 Å². The number of hydrogen-bond acceptors (Lipinski definition) is 10. The minimum atomic E-state index is -0.874. The number of hydrogen-bond donors (Lipinski definition) is 7. The van der Waals surface area contributed by atoms with Crippen LogP contribution in [-0.2, 0) is 37.0 Å². The van der Waals surface area contributed by atoms with Crippen molar-refractivity contribution in [2.45, 2.75) is 71.5 Å². The van der Waals surface area contributed by atoms with Crippen LogP contribution in [0.1, 0.15) is 68.3 Å². The molecule has 17 heteroatoms. The van der Waals surface area contributed by atoms with Gasteiger partial charge in [0.2, 0.25) is 23.6 Å². The Morgan fingerprint density at radius 1 is 1.07 bits per heavy atom. The van der Waals surface area contributed by atoms with E-state index in [-0.39, 0.29) is 98.7 Å². The molecule has 3 aromatic rings. The molecule has 8 N–H and O–H groups in total. The zero-order chi connectivity index (χ0) is 41.7. The first kappa shape index (κ1) is 41.2. The Morgan fingerprint density at radius 2 is 1.84 bits per heavy atom. The summed E-state index contributed by atoms with van der Waals surface area (Å²) in [5.74, 6) is -3.08. The molecule has 1 saturated heterocycles. The number of anilines is 2. The highest BCUT2D eigenvalue weighted by molar-refractivity contribution is 6.17. The molecule has 6 rings (SSSR count). The third-order valence-corrected chi connectivity index (χ3v) is 10.6. The van der Waals surface area contributed by atoms with Crippen molar-refractivity contribution in [3.8, 4) is 0 Å². The largest absolute Gasteiger partial charge is 0.511 e. The monoisotopic (exact) mass is 796 g/mol. The van der Waals surface area contributed by atoms with Crippen LogP contribution in [-0.4, -0.2) is 86.9 Å². The molecule has 2 aromatic carbocycles. The van der Waals surface area contributed by atoms with Gasteiger partial charge in [-0.15, -0.1) is 0 Å². The highest BCUT2D eigenvalue weighted by Crippen LogP contribution is 2.35. The van der Waals surface area contributed by atoms with E-state index in [1.165, 1.54) is 11.0 Å². The molecule has 1 aliphatic carbocycles. The number of aliphatic hydroxyl groups excluding tert-OH is 2. The van der Waals surface area contributed by atoms with Crippen molar-refractivity contribution >= 4 is 63.7 Å². The Bertz CT molecular complexity index is 2220. The van der Waals surface area contributed by atoms with E-state index in [9.17, 15) is 39.0 Å². The van der Waals surface area contributed by atoms with Gasteiger partial charge in [0.25, 0.3) is 5.91 Å². The summed E-state index contributed by atoms with van der Waals surface area (Å²) in [5.41, 5.74) is 9.07. The maximum Gasteiger partial charge on any atom is 0.324 e. The van der Waals surface area contributed by atoms with Gasteiger partial charge in [0.1, 0.15) is 23.4 Å². The molecule has 0 bridgehead atoms. The second-order valence-corrected chi connectivity index (χ2v) is 14.8. The normalized spacial score (nSPS) is 17.9. The number of amidine groups is 1. The molecule has 306 valence electrons. The summed E-state index contributed by atoms with van der Waals surface area (Å²) in [5, 5.41) is 38.3. The molecule has 1 fully saturated rings.